The van der Waals surface area contributed by atoms with Crippen LogP contribution in [0.15, 0.2) is 95.3 Å². The fourth-order valence-corrected chi connectivity index (χ4v) is 4.85. The molecule has 1 saturated heterocycles. The van der Waals surface area contributed by atoms with Crippen LogP contribution < -0.4 is 10.6 Å². The summed E-state index contributed by atoms with van der Waals surface area (Å²) in [5.41, 5.74) is 3.80. The second-order valence-corrected chi connectivity index (χ2v) is 10.3. The van der Waals surface area contributed by atoms with E-state index in [1.807, 2.05) is 48.7 Å². The highest BCUT2D eigenvalue weighted by Crippen LogP contribution is 2.26. The predicted molar refractivity (Wildman–Crippen MR) is 153 cm³/mol. The molecule has 4 aromatic rings. The fourth-order valence-electron chi connectivity index (χ4n) is 3.67. The Labute approximate surface area is 232 Å². The van der Waals surface area contributed by atoms with Crippen LogP contribution in [0.25, 0.3) is 16.9 Å². The van der Waals surface area contributed by atoms with Gasteiger partial charge in [0, 0.05) is 39.5 Å². The van der Waals surface area contributed by atoms with Gasteiger partial charge in [-0.05, 0) is 48.5 Å². The second kappa shape index (κ2) is 11.6. The maximum atomic E-state index is 12.4. The van der Waals surface area contributed by atoms with Gasteiger partial charge in [0.25, 0.3) is 0 Å². The van der Waals surface area contributed by atoms with Crippen LogP contribution in [0.3, 0.4) is 0 Å². The van der Waals surface area contributed by atoms with Crippen molar-refractivity contribution in [3.05, 3.63) is 101 Å². The highest BCUT2D eigenvalue weighted by atomic mass is 35.5. The SMILES string of the molecule is O=C(CC1S/C(=N/N=C/c2cn(-c3ccccc3)nc2-c2ccc(Cl)cc2)NC1=O)Nc1ccc(Cl)cc1. The first kappa shape index (κ1) is 25.7. The van der Waals surface area contributed by atoms with Crippen LogP contribution in [0.5, 0.6) is 0 Å². The Morgan fingerprint density at radius 1 is 1.03 bits per heavy atom. The molecule has 1 fully saturated rings. The lowest BCUT2D eigenvalue weighted by Crippen LogP contribution is -2.28. The lowest BCUT2D eigenvalue weighted by atomic mass is 10.1. The highest BCUT2D eigenvalue weighted by molar-refractivity contribution is 8.15. The van der Waals surface area contributed by atoms with Crippen LogP contribution in [0, 0.1) is 0 Å². The average molecular weight is 563 g/mol. The molecule has 2 heterocycles. The number of carbonyl (C=O) groups is 2. The van der Waals surface area contributed by atoms with Gasteiger partial charge in [-0.2, -0.15) is 10.2 Å². The number of hydrogen-bond acceptors (Lipinski definition) is 6. The minimum Gasteiger partial charge on any atom is -0.326 e. The minimum absolute atomic E-state index is 0.00752. The highest BCUT2D eigenvalue weighted by Gasteiger charge is 2.32. The molecule has 1 aliphatic rings. The van der Waals surface area contributed by atoms with Crippen molar-refractivity contribution in [2.24, 2.45) is 10.2 Å². The molecule has 1 unspecified atom stereocenters. The third-order valence-corrected chi connectivity index (χ3v) is 7.08. The molecule has 1 aromatic heterocycles. The normalized spacial score (nSPS) is 16.2. The smallest absolute Gasteiger partial charge is 0.240 e. The van der Waals surface area contributed by atoms with Gasteiger partial charge in [0.15, 0.2) is 5.17 Å². The third-order valence-electron chi connectivity index (χ3n) is 5.50. The average Bonchev–Trinajstić information content (AvgIpc) is 3.49. The van der Waals surface area contributed by atoms with Crippen molar-refractivity contribution in [1.82, 2.24) is 15.1 Å². The summed E-state index contributed by atoms with van der Waals surface area (Å²) >= 11 is 13.1. The van der Waals surface area contributed by atoms with Gasteiger partial charge in [0.1, 0.15) is 10.9 Å². The van der Waals surface area contributed by atoms with E-state index < -0.39 is 5.25 Å². The maximum absolute atomic E-state index is 12.4. The van der Waals surface area contributed by atoms with E-state index in [0.29, 0.717) is 26.6 Å². The summed E-state index contributed by atoms with van der Waals surface area (Å²) in [6.45, 7) is 0. The number of hydrogen-bond donors (Lipinski definition) is 2. The summed E-state index contributed by atoms with van der Waals surface area (Å²) in [5.74, 6) is -0.584. The Balaban J connectivity index is 1.30. The van der Waals surface area contributed by atoms with E-state index in [2.05, 4.69) is 20.8 Å². The summed E-state index contributed by atoms with van der Waals surface area (Å²) < 4.78 is 1.76. The zero-order chi connectivity index (χ0) is 26.5. The van der Waals surface area contributed by atoms with Crippen molar-refractivity contribution in [2.75, 3.05) is 5.32 Å². The molecule has 5 rings (SSSR count). The molecule has 0 radical (unpaired) electrons. The molecule has 190 valence electrons. The van der Waals surface area contributed by atoms with Gasteiger partial charge in [-0.15, -0.1) is 5.10 Å². The molecule has 1 atom stereocenters. The third kappa shape index (κ3) is 6.31. The van der Waals surface area contributed by atoms with Crippen molar-refractivity contribution in [2.45, 2.75) is 11.7 Å². The molecular weight excluding hydrogens is 543 g/mol. The first-order valence-electron chi connectivity index (χ1n) is 11.5. The topological polar surface area (TPSA) is 101 Å². The van der Waals surface area contributed by atoms with E-state index in [4.69, 9.17) is 28.3 Å². The van der Waals surface area contributed by atoms with Gasteiger partial charge in [0.2, 0.25) is 11.8 Å². The number of nitrogens with one attached hydrogen (secondary N) is 2. The number of amides is 2. The maximum Gasteiger partial charge on any atom is 0.240 e. The number of anilines is 1. The van der Waals surface area contributed by atoms with Gasteiger partial charge < -0.3 is 10.6 Å². The Kier molecular flexibility index (Phi) is 7.88. The fraction of sp³-hybridized carbons (Fsp3) is 0.0741. The number of benzene rings is 3. The van der Waals surface area contributed by atoms with Crippen molar-refractivity contribution in [3.8, 4) is 16.9 Å². The number of halogens is 2. The van der Waals surface area contributed by atoms with E-state index in [1.165, 1.54) is 0 Å². The summed E-state index contributed by atoms with van der Waals surface area (Å²) in [5, 5.41) is 19.4. The lowest BCUT2D eigenvalue weighted by molar-refractivity contribution is -0.122. The van der Waals surface area contributed by atoms with E-state index >= 15 is 0 Å². The van der Waals surface area contributed by atoms with Crippen molar-refractivity contribution in [1.29, 1.82) is 0 Å². The van der Waals surface area contributed by atoms with E-state index in [1.54, 1.807) is 47.3 Å². The Hall–Kier alpha value is -3.92. The molecule has 38 heavy (non-hydrogen) atoms. The number of rotatable bonds is 7. The lowest BCUT2D eigenvalue weighted by Gasteiger charge is -2.07. The molecule has 0 spiro atoms. The van der Waals surface area contributed by atoms with Gasteiger partial charge >= 0.3 is 0 Å². The van der Waals surface area contributed by atoms with Crippen molar-refractivity contribution >= 4 is 63.8 Å². The van der Waals surface area contributed by atoms with Crippen LogP contribution in [0.2, 0.25) is 10.0 Å². The molecule has 0 aliphatic carbocycles. The zero-order valence-electron chi connectivity index (χ0n) is 19.7. The monoisotopic (exact) mass is 562 g/mol. The predicted octanol–water partition coefficient (Wildman–Crippen LogP) is 5.80. The Morgan fingerprint density at radius 2 is 1.71 bits per heavy atom. The molecule has 11 heteroatoms. The number of para-hydroxylation sites is 1. The van der Waals surface area contributed by atoms with E-state index in [0.717, 1.165) is 28.6 Å². The molecule has 3 aromatic carbocycles. The van der Waals surface area contributed by atoms with Crippen molar-refractivity contribution in [3.63, 3.8) is 0 Å². The molecule has 1 aliphatic heterocycles. The van der Waals surface area contributed by atoms with Gasteiger partial charge in [-0.1, -0.05) is 65.3 Å². The molecular formula is C27H20Cl2N6O2S. The number of nitrogens with zero attached hydrogens (tertiary/aromatic N) is 4. The Bertz CT molecular complexity index is 1520. The van der Waals surface area contributed by atoms with Crippen LogP contribution in [0.4, 0.5) is 5.69 Å². The molecule has 2 N–H and O–H groups in total. The van der Waals surface area contributed by atoms with Crippen molar-refractivity contribution < 1.29 is 9.59 Å². The van der Waals surface area contributed by atoms with Crippen LogP contribution >= 0.6 is 35.0 Å². The number of carbonyl (C=O) groups excluding carboxylic acids is 2. The first-order chi connectivity index (χ1) is 18.4. The van der Waals surface area contributed by atoms with Crippen LogP contribution in [-0.4, -0.2) is 38.2 Å². The van der Waals surface area contributed by atoms with Crippen LogP contribution in [0.1, 0.15) is 12.0 Å². The first-order valence-corrected chi connectivity index (χ1v) is 13.1. The second-order valence-electron chi connectivity index (χ2n) is 8.22. The van der Waals surface area contributed by atoms with Gasteiger partial charge in [-0.3, -0.25) is 9.59 Å². The quantitative estimate of drug-likeness (QED) is 0.219. The number of thioether (sulfide) groups is 1. The largest absolute Gasteiger partial charge is 0.326 e. The van der Waals surface area contributed by atoms with E-state index in [9.17, 15) is 9.59 Å². The molecule has 8 nitrogen and oxygen atoms in total. The van der Waals surface area contributed by atoms with Gasteiger partial charge in [0.05, 0.1) is 11.9 Å². The zero-order valence-corrected chi connectivity index (χ0v) is 22.0. The standard InChI is InChI=1S/C27H20Cl2N6O2S/c28-19-8-6-17(7-9-19)25-18(16-35(34-25)22-4-2-1-3-5-22)15-30-33-27-32-26(37)23(38-27)14-24(36)31-21-12-10-20(29)11-13-21/h1-13,15-16,23H,14H2,(H,31,36)(H,32,33,37)/b30-15+. The molecule has 0 saturated carbocycles. The Morgan fingerprint density at radius 3 is 2.42 bits per heavy atom. The molecule has 2 amide bonds. The van der Waals surface area contributed by atoms with Crippen LogP contribution in [-0.2, 0) is 9.59 Å². The summed E-state index contributed by atoms with van der Waals surface area (Å²) in [4.78, 5) is 24.8. The number of amidine groups is 1. The summed E-state index contributed by atoms with van der Waals surface area (Å²) in [7, 11) is 0. The van der Waals surface area contributed by atoms with Gasteiger partial charge in [-0.25, -0.2) is 4.68 Å². The number of aromatic nitrogens is 2. The summed E-state index contributed by atoms with van der Waals surface area (Å²) in [6.07, 6.45) is 3.43. The minimum atomic E-state index is -0.610. The molecule has 0 bridgehead atoms. The van der Waals surface area contributed by atoms with E-state index in [-0.39, 0.29) is 18.2 Å². The summed E-state index contributed by atoms with van der Waals surface area (Å²) in [6, 6.07) is 23.8.